The van der Waals surface area contributed by atoms with E-state index in [1.807, 2.05) is 13.0 Å². The number of hydrogen-bond acceptors (Lipinski definition) is 4. The number of nitrogens with zero attached hydrogens (tertiary/aromatic N) is 1. The van der Waals surface area contributed by atoms with Gasteiger partial charge in [0.15, 0.2) is 9.84 Å². The molecule has 7 heteroatoms. The number of carbonyl (C=O) groups is 1. The van der Waals surface area contributed by atoms with Crippen molar-refractivity contribution in [3.8, 4) is 0 Å². The number of furan rings is 1. The zero-order chi connectivity index (χ0) is 14.8. The third-order valence-electron chi connectivity index (χ3n) is 3.53. The number of urea groups is 1. The molecule has 0 unspecified atom stereocenters. The third kappa shape index (κ3) is 3.75. The Morgan fingerprint density at radius 2 is 2.35 bits per heavy atom. The van der Waals surface area contributed by atoms with Crippen LogP contribution in [-0.4, -0.2) is 50.0 Å². The van der Waals surface area contributed by atoms with E-state index in [2.05, 4.69) is 5.32 Å². The smallest absolute Gasteiger partial charge is 0.317 e. The fourth-order valence-electron chi connectivity index (χ4n) is 2.34. The Hall–Kier alpha value is -1.50. The van der Waals surface area contributed by atoms with E-state index in [1.165, 1.54) is 4.90 Å². The Bertz CT molecular complexity index is 553. The summed E-state index contributed by atoms with van der Waals surface area (Å²) in [5.74, 6) is 1.03. The normalized spacial score (nSPS) is 22.4. The van der Waals surface area contributed by atoms with Crippen LogP contribution >= 0.6 is 0 Å². The molecule has 0 spiro atoms. The van der Waals surface area contributed by atoms with E-state index < -0.39 is 9.84 Å². The molecule has 1 N–H and O–H groups in total. The van der Waals surface area contributed by atoms with Gasteiger partial charge in [-0.25, -0.2) is 13.2 Å². The Morgan fingerprint density at radius 1 is 1.60 bits per heavy atom. The summed E-state index contributed by atoms with van der Waals surface area (Å²) in [7, 11) is -1.34. The zero-order valence-corrected chi connectivity index (χ0v) is 12.5. The lowest BCUT2D eigenvalue weighted by Gasteiger charge is -2.25. The van der Waals surface area contributed by atoms with E-state index in [4.69, 9.17) is 4.42 Å². The maximum atomic E-state index is 12.1. The Balaban J connectivity index is 1.85. The van der Waals surface area contributed by atoms with E-state index in [1.54, 1.807) is 19.4 Å². The van der Waals surface area contributed by atoms with Crippen LogP contribution in [0.15, 0.2) is 22.8 Å². The average molecular weight is 300 g/mol. The molecular formula is C13H20N2O4S. The van der Waals surface area contributed by atoms with Gasteiger partial charge in [-0.2, -0.15) is 0 Å². The fraction of sp³-hybridized carbons (Fsp3) is 0.615. The predicted molar refractivity (Wildman–Crippen MR) is 75.2 cm³/mol. The maximum Gasteiger partial charge on any atom is 0.317 e. The van der Waals surface area contributed by atoms with Crippen LogP contribution in [0, 0.1) is 0 Å². The van der Waals surface area contributed by atoms with E-state index >= 15 is 0 Å². The highest BCUT2D eigenvalue weighted by Crippen LogP contribution is 2.16. The molecule has 1 saturated heterocycles. The van der Waals surface area contributed by atoms with Crippen molar-refractivity contribution in [2.45, 2.75) is 31.8 Å². The lowest BCUT2D eigenvalue weighted by atomic mass is 10.2. The highest BCUT2D eigenvalue weighted by Gasteiger charge is 2.32. The van der Waals surface area contributed by atoms with Gasteiger partial charge in [-0.3, -0.25) is 0 Å². The molecule has 6 nitrogen and oxygen atoms in total. The summed E-state index contributed by atoms with van der Waals surface area (Å²) in [6.45, 7) is 1.89. The van der Waals surface area contributed by atoms with Gasteiger partial charge in [-0.15, -0.1) is 0 Å². The molecule has 1 aliphatic heterocycles. The second-order valence-electron chi connectivity index (χ2n) is 5.30. The topological polar surface area (TPSA) is 79.6 Å². The molecule has 1 aromatic heterocycles. The van der Waals surface area contributed by atoms with Crippen molar-refractivity contribution >= 4 is 15.9 Å². The number of rotatable bonds is 4. The highest BCUT2D eigenvalue weighted by atomic mass is 32.2. The lowest BCUT2D eigenvalue weighted by Crippen LogP contribution is -2.47. The van der Waals surface area contributed by atoms with Crippen molar-refractivity contribution in [3.63, 3.8) is 0 Å². The van der Waals surface area contributed by atoms with Crippen molar-refractivity contribution in [2.75, 3.05) is 18.6 Å². The molecule has 20 heavy (non-hydrogen) atoms. The van der Waals surface area contributed by atoms with Crippen LogP contribution < -0.4 is 5.32 Å². The van der Waals surface area contributed by atoms with Gasteiger partial charge in [0.2, 0.25) is 0 Å². The molecule has 0 saturated carbocycles. The Morgan fingerprint density at radius 3 is 2.90 bits per heavy atom. The van der Waals surface area contributed by atoms with E-state index in [0.717, 1.165) is 5.76 Å². The minimum absolute atomic E-state index is 0.0590. The molecule has 2 heterocycles. The molecule has 0 aliphatic carbocycles. The number of sulfone groups is 1. The summed E-state index contributed by atoms with van der Waals surface area (Å²) in [4.78, 5) is 13.6. The number of hydrogen-bond donors (Lipinski definition) is 1. The van der Waals surface area contributed by atoms with Crippen molar-refractivity contribution in [2.24, 2.45) is 0 Å². The molecule has 1 aliphatic rings. The van der Waals surface area contributed by atoms with Crippen LogP contribution in [0.5, 0.6) is 0 Å². The molecule has 112 valence electrons. The summed E-state index contributed by atoms with van der Waals surface area (Å²) in [5.41, 5.74) is 0. The number of nitrogens with one attached hydrogen (secondary N) is 1. The lowest BCUT2D eigenvalue weighted by molar-refractivity contribution is 0.191. The van der Waals surface area contributed by atoms with Gasteiger partial charge >= 0.3 is 6.03 Å². The molecule has 0 aromatic carbocycles. The molecule has 0 radical (unpaired) electrons. The van der Waals surface area contributed by atoms with Crippen LogP contribution in [0.1, 0.15) is 19.1 Å². The molecular weight excluding hydrogens is 280 g/mol. The minimum atomic E-state index is -2.98. The van der Waals surface area contributed by atoms with Crippen molar-refractivity contribution in [3.05, 3.63) is 24.2 Å². The number of carbonyl (C=O) groups excluding carboxylic acids is 1. The largest absolute Gasteiger partial charge is 0.469 e. The van der Waals surface area contributed by atoms with Gasteiger partial charge < -0.3 is 14.6 Å². The van der Waals surface area contributed by atoms with E-state index in [-0.39, 0.29) is 29.6 Å². The maximum absolute atomic E-state index is 12.1. The molecule has 1 aromatic rings. The van der Waals surface area contributed by atoms with Crippen molar-refractivity contribution < 1.29 is 17.6 Å². The summed E-state index contributed by atoms with van der Waals surface area (Å²) in [6, 6.07) is 3.12. The van der Waals surface area contributed by atoms with Crippen LogP contribution in [0.3, 0.4) is 0 Å². The van der Waals surface area contributed by atoms with Crippen molar-refractivity contribution in [1.29, 1.82) is 0 Å². The summed E-state index contributed by atoms with van der Waals surface area (Å²) in [6.07, 6.45) is 2.72. The van der Waals surface area contributed by atoms with Gasteiger partial charge in [0.05, 0.1) is 17.8 Å². The quantitative estimate of drug-likeness (QED) is 0.901. The third-order valence-corrected chi connectivity index (χ3v) is 5.28. The first-order valence-electron chi connectivity index (χ1n) is 6.63. The van der Waals surface area contributed by atoms with E-state index in [0.29, 0.717) is 12.8 Å². The molecule has 1 fully saturated rings. The van der Waals surface area contributed by atoms with E-state index in [9.17, 15) is 13.2 Å². The predicted octanol–water partition coefficient (Wildman–Crippen LogP) is 1.04. The summed E-state index contributed by atoms with van der Waals surface area (Å²) < 4.78 is 28.1. The monoisotopic (exact) mass is 300 g/mol. The second kappa shape index (κ2) is 5.87. The SMILES string of the molecule is C[C@@H](Cc1ccco1)NC(=O)N(C)[C@H]1CCS(=O)(=O)C1. The highest BCUT2D eigenvalue weighted by molar-refractivity contribution is 7.91. The second-order valence-corrected chi connectivity index (χ2v) is 7.53. The Kier molecular flexibility index (Phi) is 4.37. The van der Waals surface area contributed by atoms with Crippen LogP contribution in [0.2, 0.25) is 0 Å². The van der Waals surface area contributed by atoms with Crippen LogP contribution in [0.4, 0.5) is 4.79 Å². The minimum Gasteiger partial charge on any atom is -0.469 e. The molecule has 2 atom stereocenters. The van der Waals surface area contributed by atoms with Crippen LogP contribution in [-0.2, 0) is 16.3 Å². The first-order chi connectivity index (χ1) is 9.37. The van der Waals surface area contributed by atoms with Crippen LogP contribution in [0.25, 0.3) is 0 Å². The molecule has 2 rings (SSSR count). The number of amides is 2. The summed E-state index contributed by atoms with van der Waals surface area (Å²) in [5, 5.41) is 2.85. The average Bonchev–Trinajstić information content (AvgIpc) is 2.97. The summed E-state index contributed by atoms with van der Waals surface area (Å²) >= 11 is 0. The Labute approximate surface area is 119 Å². The first kappa shape index (κ1) is 14.9. The standard InChI is InChI=1S/C13H20N2O4S/c1-10(8-12-4-3-6-19-12)14-13(16)15(2)11-5-7-20(17,18)9-11/h3-4,6,10-11H,5,7-9H2,1-2H3,(H,14,16)/t10-,11-/m0/s1. The van der Waals surface area contributed by atoms with Gasteiger partial charge in [-0.1, -0.05) is 0 Å². The van der Waals surface area contributed by atoms with Gasteiger partial charge in [-0.05, 0) is 25.5 Å². The van der Waals surface area contributed by atoms with Gasteiger partial charge in [0, 0.05) is 25.6 Å². The zero-order valence-electron chi connectivity index (χ0n) is 11.7. The fourth-order valence-corrected chi connectivity index (χ4v) is 4.12. The van der Waals surface area contributed by atoms with Gasteiger partial charge in [0.25, 0.3) is 0 Å². The first-order valence-corrected chi connectivity index (χ1v) is 8.45. The van der Waals surface area contributed by atoms with Crippen molar-refractivity contribution in [1.82, 2.24) is 10.2 Å². The molecule has 0 bridgehead atoms. The van der Waals surface area contributed by atoms with Gasteiger partial charge in [0.1, 0.15) is 5.76 Å². The molecule has 2 amide bonds.